The molecule has 0 bridgehead atoms. The molecule has 1 aromatic heterocycles. The number of nitrogens with zero attached hydrogens (tertiary/aromatic N) is 1. The van der Waals surface area contributed by atoms with E-state index in [-0.39, 0.29) is 12.5 Å². The van der Waals surface area contributed by atoms with Crippen molar-refractivity contribution >= 4 is 11.8 Å². The van der Waals surface area contributed by atoms with Gasteiger partial charge in [-0.1, -0.05) is 12.1 Å². The van der Waals surface area contributed by atoms with Gasteiger partial charge in [-0.15, -0.1) is 6.58 Å². The van der Waals surface area contributed by atoms with E-state index in [1.54, 1.807) is 53.6 Å². The molecular weight excluding hydrogens is 296 g/mol. The van der Waals surface area contributed by atoms with Crippen molar-refractivity contribution in [3.8, 4) is 5.75 Å². The number of ether oxygens (including phenoxy) is 1. The van der Waals surface area contributed by atoms with Crippen molar-refractivity contribution in [1.29, 1.82) is 0 Å². The lowest BCUT2D eigenvalue weighted by Gasteiger charge is -2.20. The van der Waals surface area contributed by atoms with E-state index in [4.69, 9.17) is 14.9 Å². The minimum atomic E-state index is -0.576. The normalized spacial score (nSPS) is 10.1. The minimum absolute atomic E-state index is 0.189. The molecule has 0 atom stereocenters. The molecule has 2 amide bonds. The van der Waals surface area contributed by atoms with E-state index >= 15 is 0 Å². The molecule has 1 aromatic carbocycles. The van der Waals surface area contributed by atoms with Crippen LogP contribution in [0.15, 0.2) is 59.7 Å². The van der Waals surface area contributed by atoms with Crippen LogP contribution in [0.25, 0.3) is 0 Å². The SMILES string of the molecule is C=CCN(Cc1ccco1)C(=O)c1cccc(OCC(N)=O)c1. The largest absolute Gasteiger partial charge is 0.484 e. The molecule has 6 heteroatoms. The first kappa shape index (κ1) is 16.4. The Morgan fingerprint density at radius 3 is 2.78 bits per heavy atom. The quantitative estimate of drug-likeness (QED) is 0.755. The molecule has 0 radical (unpaired) electrons. The highest BCUT2D eigenvalue weighted by Crippen LogP contribution is 2.16. The van der Waals surface area contributed by atoms with Gasteiger partial charge in [0.25, 0.3) is 11.8 Å². The fourth-order valence-corrected chi connectivity index (χ4v) is 2.02. The summed E-state index contributed by atoms with van der Waals surface area (Å²) < 4.78 is 10.5. The Labute approximate surface area is 134 Å². The molecule has 0 saturated carbocycles. The Morgan fingerprint density at radius 1 is 1.30 bits per heavy atom. The molecule has 2 rings (SSSR count). The van der Waals surface area contributed by atoms with Crippen LogP contribution in [0.3, 0.4) is 0 Å². The number of furan rings is 1. The van der Waals surface area contributed by atoms with E-state index < -0.39 is 5.91 Å². The summed E-state index contributed by atoms with van der Waals surface area (Å²) >= 11 is 0. The maximum absolute atomic E-state index is 12.6. The zero-order chi connectivity index (χ0) is 16.7. The zero-order valence-electron chi connectivity index (χ0n) is 12.6. The van der Waals surface area contributed by atoms with Crippen molar-refractivity contribution in [3.05, 3.63) is 66.6 Å². The highest BCUT2D eigenvalue weighted by molar-refractivity contribution is 5.94. The number of nitrogens with two attached hydrogens (primary N) is 1. The van der Waals surface area contributed by atoms with Crippen molar-refractivity contribution in [2.75, 3.05) is 13.2 Å². The topological polar surface area (TPSA) is 85.8 Å². The van der Waals surface area contributed by atoms with E-state index in [1.807, 2.05) is 0 Å². The Kier molecular flexibility index (Phi) is 5.57. The number of primary amides is 1. The van der Waals surface area contributed by atoms with Gasteiger partial charge >= 0.3 is 0 Å². The molecule has 0 saturated heterocycles. The van der Waals surface area contributed by atoms with Gasteiger partial charge in [0.05, 0.1) is 12.8 Å². The smallest absolute Gasteiger partial charge is 0.255 e. The lowest BCUT2D eigenvalue weighted by atomic mass is 10.2. The minimum Gasteiger partial charge on any atom is -0.484 e. The third-order valence-corrected chi connectivity index (χ3v) is 3.03. The molecule has 23 heavy (non-hydrogen) atoms. The van der Waals surface area contributed by atoms with Gasteiger partial charge < -0.3 is 19.8 Å². The Hall–Kier alpha value is -3.02. The van der Waals surface area contributed by atoms with Crippen molar-refractivity contribution in [2.24, 2.45) is 5.73 Å². The highest BCUT2D eigenvalue weighted by atomic mass is 16.5. The summed E-state index contributed by atoms with van der Waals surface area (Å²) in [5.41, 5.74) is 5.49. The second kappa shape index (κ2) is 7.84. The van der Waals surface area contributed by atoms with Gasteiger partial charge in [0.1, 0.15) is 11.5 Å². The predicted molar refractivity (Wildman–Crippen MR) is 84.8 cm³/mol. The summed E-state index contributed by atoms with van der Waals surface area (Å²) in [6.07, 6.45) is 3.21. The fraction of sp³-hybridized carbons (Fsp3) is 0.176. The van der Waals surface area contributed by atoms with E-state index in [0.29, 0.717) is 30.2 Å². The standard InChI is InChI=1S/C17H18N2O4/c1-2-8-19(11-15-7-4-9-22-15)17(21)13-5-3-6-14(10-13)23-12-16(18)20/h2-7,9-10H,1,8,11-12H2,(H2,18,20). The van der Waals surface area contributed by atoms with Crippen molar-refractivity contribution in [3.63, 3.8) is 0 Å². The summed E-state index contributed by atoms with van der Waals surface area (Å²) in [6, 6.07) is 10.2. The van der Waals surface area contributed by atoms with Crippen LogP contribution in [0.1, 0.15) is 16.1 Å². The monoisotopic (exact) mass is 314 g/mol. The van der Waals surface area contributed by atoms with Crippen LogP contribution in [0.2, 0.25) is 0 Å². The lowest BCUT2D eigenvalue weighted by Crippen LogP contribution is -2.30. The number of hydrogen-bond donors (Lipinski definition) is 1. The Bertz CT molecular complexity index is 680. The van der Waals surface area contributed by atoms with E-state index in [9.17, 15) is 9.59 Å². The number of rotatable bonds is 8. The average molecular weight is 314 g/mol. The highest BCUT2D eigenvalue weighted by Gasteiger charge is 2.16. The van der Waals surface area contributed by atoms with Gasteiger partial charge in [0.15, 0.2) is 6.61 Å². The Morgan fingerprint density at radius 2 is 2.13 bits per heavy atom. The molecule has 0 aliphatic carbocycles. The summed E-state index contributed by atoms with van der Waals surface area (Å²) in [5, 5.41) is 0. The summed E-state index contributed by atoms with van der Waals surface area (Å²) in [7, 11) is 0. The Balaban J connectivity index is 2.13. The predicted octanol–water partition coefficient (Wildman–Crippen LogP) is 1.97. The molecule has 0 aliphatic rings. The van der Waals surface area contributed by atoms with Crippen LogP contribution in [0.4, 0.5) is 0 Å². The lowest BCUT2D eigenvalue weighted by molar-refractivity contribution is -0.119. The number of carbonyl (C=O) groups is 2. The molecule has 2 N–H and O–H groups in total. The first-order valence-corrected chi connectivity index (χ1v) is 7.04. The van der Waals surface area contributed by atoms with E-state index in [2.05, 4.69) is 6.58 Å². The second-order valence-corrected chi connectivity index (χ2v) is 4.84. The van der Waals surface area contributed by atoms with Gasteiger partial charge in [-0.25, -0.2) is 0 Å². The van der Waals surface area contributed by atoms with Crippen LogP contribution < -0.4 is 10.5 Å². The van der Waals surface area contributed by atoms with E-state index in [1.165, 1.54) is 0 Å². The van der Waals surface area contributed by atoms with Gasteiger partial charge in [0, 0.05) is 12.1 Å². The van der Waals surface area contributed by atoms with Crippen LogP contribution >= 0.6 is 0 Å². The third kappa shape index (κ3) is 4.74. The average Bonchev–Trinajstić information content (AvgIpc) is 3.05. The molecule has 1 heterocycles. The zero-order valence-corrected chi connectivity index (χ0v) is 12.6. The molecule has 120 valence electrons. The summed E-state index contributed by atoms with van der Waals surface area (Å²) in [6.45, 7) is 4.15. The molecule has 0 fully saturated rings. The van der Waals surface area contributed by atoms with Crippen molar-refractivity contribution in [1.82, 2.24) is 4.90 Å². The number of carbonyl (C=O) groups excluding carboxylic acids is 2. The van der Waals surface area contributed by atoms with E-state index in [0.717, 1.165) is 0 Å². The maximum Gasteiger partial charge on any atom is 0.255 e. The first-order chi connectivity index (χ1) is 11.1. The summed E-state index contributed by atoms with van der Waals surface area (Å²) in [4.78, 5) is 25.0. The molecule has 6 nitrogen and oxygen atoms in total. The van der Waals surface area contributed by atoms with Gasteiger partial charge in [-0.05, 0) is 30.3 Å². The van der Waals surface area contributed by atoms with Gasteiger partial charge in [0.2, 0.25) is 0 Å². The van der Waals surface area contributed by atoms with Crippen molar-refractivity contribution in [2.45, 2.75) is 6.54 Å². The molecule has 2 aromatic rings. The third-order valence-electron chi connectivity index (χ3n) is 3.03. The van der Waals surface area contributed by atoms with Crippen LogP contribution in [-0.4, -0.2) is 29.9 Å². The molecule has 0 unspecified atom stereocenters. The van der Waals surface area contributed by atoms with Crippen LogP contribution in [0.5, 0.6) is 5.75 Å². The molecule has 0 aliphatic heterocycles. The number of amides is 2. The van der Waals surface area contributed by atoms with Crippen molar-refractivity contribution < 1.29 is 18.7 Å². The first-order valence-electron chi connectivity index (χ1n) is 7.04. The van der Waals surface area contributed by atoms with Crippen LogP contribution in [-0.2, 0) is 11.3 Å². The fourth-order valence-electron chi connectivity index (χ4n) is 2.02. The number of benzene rings is 1. The van der Waals surface area contributed by atoms with Gasteiger partial charge in [-0.3, -0.25) is 9.59 Å². The molecule has 0 spiro atoms. The maximum atomic E-state index is 12.6. The van der Waals surface area contributed by atoms with Crippen LogP contribution in [0, 0.1) is 0 Å². The second-order valence-electron chi connectivity index (χ2n) is 4.84. The number of hydrogen-bond acceptors (Lipinski definition) is 4. The molecular formula is C17H18N2O4. The summed E-state index contributed by atoms with van der Waals surface area (Å²) in [5.74, 6) is 0.325. The van der Waals surface area contributed by atoms with Gasteiger partial charge in [-0.2, -0.15) is 0 Å².